The molecule has 0 unspecified atom stereocenters. The Morgan fingerprint density at radius 3 is 2.57 bits per heavy atom. The SMILES string of the molecule is CN(C)CC1CCC(Nc2c(C(=O)C3CCC3)cnc3ccc(Cl)nc23)CC1. The average molecular weight is 401 g/mol. The van der Waals surface area contributed by atoms with Crippen molar-refractivity contribution < 1.29 is 4.79 Å². The summed E-state index contributed by atoms with van der Waals surface area (Å²) < 4.78 is 0. The van der Waals surface area contributed by atoms with Crippen LogP contribution >= 0.6 is 11.6 Å². The lowest BCUT2D eigenvalue weighted by atomic mass is 9.79. The lowest BCUT2D eigenvalue weighted by Crippen LogP contribution is -2.32. The topological polar surface area (TPSA) is 58.1 Å². The zero-order chi connectivity index (χ0) is 19.7. The van der Waals surface area contributed by atoms with Crippen LogP contribution in [-0.2, 0) is 0 Å². The van der Waals surface area contributed by atoms with Gasteiger partial charge in [-0.1, -0.05) is 18.0 Å². The zero-order valence-corrected chi connectivity index (χ0v) is 17.5. The monoisotopic (exact) mass is 400 g/mol. The van der Waals surface area contributed by atoms with E-state index in [2.05, 4.69) is 34.3 Å². The van der Waals surface area contributed by atoms with Crippen LogP contribution in [0.4, 0.5) is 5.69 Å². The van der Waals surface area contributed by atoms with Crippen molar-refractivity contribution >= 4 is 34.1 Å². The largest absolute Gasteiger partial charge is 0.380 e. The molecule has 0 aliphatic heterocycles. The number of nitrogens with one attached hydrogen (secondary N) is 1. The molecule has 2 aromatic heterocycles. The van der Waals surface area contributed by atoms with Crippen LogP contribution in [-0.4, -0.2) is 47.3 Å². The summed E-state index contributed by atoms with van der Waals surface area (Å²) >= 11 is 6.18. The molecule has 2 aromatic rings. The van der Waals surface area contributed by atoms with E-state index in [1.807, 2.05) is 6.07 Å². The number of aromatic nitrogens is 2. The van der Waals surface area contributed by atoms with Gasteiger partial charge in [0.25, 0.3) is 0 Å². The van der Waals surface area contributed by atoms with Gasteiger partial charge in [-0.15, -0.1) is 0 Å². The zero-order valence-electron chi connectivity index (χ0n) is 16.7. The summed E-state index contributed by atoms with van der Waals surface area (Å²) in [4.78, 5) is 24.3. The quantitative estimate of drug-likeness (QED) is 0.557. The molecular weight excluding hydrogens is 372 g/mol. The number of carbonyl (C=O) groups is 1. The maximum Gasteiger partial charge on any atom is 0.169 e. The van der Waals surface area contributed by atoms with E-state index in [-0.39, 0.29) is 11.7 Å². The Balaban J connectivity index is 1.60. The van der Waals surface area contributed by atoms with Crippen LogP contribution in [0.5, 0.6) is 0 Å². The minimum atomic E-state index is 0.134. The van der Waals surface area contributed by atoms with Gasteiger partial charge in [0, 0.05) is 24.7 Å². The number of ketones is 1. The van der Waals surface area contributed by atoms with Gasteiger partial charge in [0.05, 0.1) is 16.8 Å². The van der Waals surface area contributed by atoms with Crippen molar-refractivity contribution in [3.8, 4) is 0 Å². The van der Waals surface area contributed by atoms with Crippen LogP contribution in [0.1, 0.15) is 55.3 Å². The van der Waals surface area contributed by atoms with Gasteiger partial charge in [-0.05, 0) is 70.7 Å². The Labute approximate surface area is 171 Å². The first-order chi connectivity index (χ1) is 13.5. The maximum atomic E-state index is 13.0. The van der Waals surface area contributed by atoms with Gasteiger partial charge in [-0.3, -0.25) is 9.78 Å². The number of halogens is 1. The molecule has 1 N–H and O–H groups in total. The molecule has 5 nitrogen and oxygen atoms in total. The van der Waals surface area contributed by atoms with Crippen molar-refractivity contribution in [2.24, 2.45) is 11.8 Å². The van der Waals surface area contributed by atoms with Crippen molar-refractivity contribution in [1.82, 2.24) is 14.9 Å². The lowest BCUT2D eigenvalue weighted by molar-refractivity contribution is 0.0855. The number of hydrogen-bond acceptors (Lipinski definition) is 5. The molecule has 2 heterocycles. The second-order valence-corrected chi connectivity index (χ2v) is 9.05. The van der Waals surface area contributed by atoms with E-state index in [9.17, 15) is 4.79 Å². The summed E-state index contributed by atoms with van der Waals surface area (Å²) in [7, 11) is 4.28. The van der Waals surface area contributed by atoms with Crippen LogP contribution in [0.25, 0.3) is 11.0 Å². The molecule has 0 aromatic carbocycles. The van der Waals surface area contributed by atoms with Gasteiger partial charge >= 0.3 is 0 Å². The first-order valence-corrected chi connectivity index (χ1v) is 10.8. The highest BCUT2D eigenvalue weighted by Gasteiger charge is 2.30. The summed E-state index contributed by atoms with van der Waals surface area (Å²) in [5.74, 6) is 1.09. The number of hydrogen-bond donors (Lipinski definition) is 1. The number of anilines is 1. The Morgan fingerprint density at radius 1 is 1.18 bits per heavy atom. The van der Waals surface area contributed by atoms with E-state index < -0.39 is 0 Å². The van der Waals surface area contributed by atoms with Gasteiger partial charge in [-0.25, -0.2) is 4.98 Å². The van der Waals surface area contributed by atoms with Gasteiger partial charge in [0.1, 0.15) is 10.7 Å². The van der Waals surface area contributed by atoms with Crippen molar-refractivity contribution in [2.75, 3.05) is 26.0 Å². The van der Waals surface area contributed by atoms with Crippen molar-refractivity contribution in [3.63, 3.8) is 0 Å². The normalized spacial score (nSPS) is 23.0. The molecule has 2 saturated carbocycles. The second-order valence-electron chi connectivity index (χ2n) is 8.66. The Bertz CT molecular complexity index is 857. The van der Waals surface area contributed by atoms with Gasteiger partial charge < -0.3 is 10.2 Å². The second kappa shape index (κ2) is 8.34. The Morgan fingerprint density at radius 2 is 1.93 bits per heavy atom. The number of pyridine rings is 2. The van der Waals surface area contributed by atoms with Crippen LogP contribution in [0.15, 0.2) is 18.3 Å². The van der Waals surface area contributed by atoms with Crippen LogP contribution in [0, 0.1) is 11.8 Å². The van der Waals surface area contributed by atoms with Gasteiger partial charge in [-0.2, -0.15) is 0 Å². The predicted molar refractivity (Wildman–Crippen MR) is 114 cm³/mol. The fourth-order valence-corrected chi connectivity index (χ4v) is 4.62. The van der Waals surface area contributed by atoms with E-state index in [4.69, 9.17) is 11.6 Å². The molecule has 0 bridgehead atoms. The molecule has 0 amide bonds. The van der Waals surface area contributed by atoms with Crippen LogP contribution < -0.4 is 5.32 Å². The van der Waals surface area contributed by atoms with Gasteiger partial charge in [0.15, 0.2) is 5.78 Å². The molecule has 2 aliphatic rings. The Kier molecular flexibility index (Phi) is 5.83. The van der Waals surface area contributed by atoms with E-state index in [0.29, 0.717) is 22.3 Å². The lowest BCUT2D eigenvalue weighted by Gasteiger charge is -2.32. The Hall–Kier alpha value is -1.72. The number of rotatable bonds is 6. The first kappa shape index (κ1) is 19.6. The summed E-state index contributed by atoms with van der Waals surface area (Å²) in [6.45, 7) is 1.15. The van der Waals surface area contributed by atoms with E-state index >= 15 is 0 Å². The standard InChI is InChI=1S/C22H29ClN4O/c1-27(2)13-14-6-8-16(9-7-14)25-20-17(22(28)15-4-3-5-15)12-24-18-10-11-19(23)26-21(18)20/h10-12,14-16H,3-9,13H2,1-2H3,(H,24,25). The highest BCUT2D eigenvalue weighted by atomic mass is 35.5. The van der Waals surface area contributed by atoms with Crippen LogP contribution in [0.2, 0.25) is 5.15 Å². The molecule has 150 valence electrons. The molecule has 0 spiro atoms. The minimum absolute atomic E-state index is 0.134. The number of fused-ring (bicyclic) bond motifs is 1. The number of carbonyl (C=O) groups excluding carboxylic acids is 1. The van der Waals surface area contributed by atoms with E-state index in [1.165, 1.54) is 12.8 Å². The van der Waals surface area contributed by atoms with Crippen LogP contribution in [0.3, 0.4) is 0 Å². The third-order valence-corrected chi connectivity index (χ3v) is 6.45. The molecule has 2 aliphatic carbocycles. The summed E-state index contributed by atoms with van der Waals surface area (Å²) in [6, 6.07) is 3.99. The smallest absolute Gasteiger partial charge is 0.169 e. The van der Waals surface area contributed by atoms with Gasteiger partial charge in [0.2, 0.25) is 0 Å². The third-order valence-electron chi connectivity index (χ3n) is 6.24. The van der Waals surface area contributed by atoms with E-state index in [0.717, 1.165) is 55.8 Å². The molecule has 6 heteroatoms. The highest BCUT2D eigenvalue weighted by Crippen LogP contribution is 2.36. The molecular formula is C22H29ClN4O. The fourth-order valence-electron chi connectivity index (χ4n) is 4.48. The number of Topliss-reactive ketones (excluding diaryl/α,β-unsaturated/α-hetero) is 1. The average Bonchev–Trinajstić information content (AvgIpc) is 2.61. The minimum Gasteiger partial charge on any atom is -0.380 e. The third kappa shape index (κ3) is 4.15. The van der Waals surface area contributed by atoms with Crippen molar-refractivity contribution in [3.05, 3.63) is 29.0 Å². The van der Waals surface area contributed by atoms with E-state index in [1.54, 1.807) is 12.3 Å². The summed E-state index contributed by atoms with van der Waals surface area (Å²) in [6.07, 6.45) is 9.47. The molecule has 0 atom stereocenters. The molecule has 0 radical (unpaired) electrons. The summed E-state index contributed by atoms with van der Waals surface area (Å²) in [5.41, 5.74) is 3.01. The molecule has 0 saturated heterocycles. The van der Waals surface area contributed by atoms with Crippen molar-refractivity contribution in [2.45, 2.75) is 51.0 Å². The maximum absolute atomic E-state index is 13.0. The highest BCUT2D eigenvalue weighted by molar-refractivity contribution is 6.30. The van der Waals surface area contributed by atoms with Crippen molar-refractivity contribution in [1.29, 1.82) is 0 Å². The molecule has 28 heavy (non-hydrogen) atoms. The first-order valence-electron chi connectivity index (χ1n) is 10.4. The summed E-state index contributed by atoms with van der Waals surface area (Å²) in [5, 5.41) is 4.11. The number of nitrogens with zero attached hydrogens (tertiary/aromatic N) is 3. The molecule has 4 rings (SSSR count). The molecule has 2 fully saturated rings. The fraction of sp³-hybridized carbons (Fsp3) is 0.591. The predicted octanol–water partition coefficient (Wildman–Crippen LogP) is 4.80.